The molecule has 0 radical (unpaired) electrons. The highest BCUT2D eigenvalue weighted by Crippen LogP contribution is 2.36. The van der Waals surface area contributed by atoms with E-state index in [1.165, 1.54) is 6.07 Å². The van der Waals surface area contributed by atoms with Crippen LogP contribution in [-0.4, -0.2) is 17.3 Å². The first kappa shape index (κ1) is 26.0. The van der Waals surface area contributed by atoms with Gasteiger partial charge in [0.2, 0.25) is 0 Å². The number of rotatable bonds is 9. The van der Waals surface area contributed by atoms with E-state index in [9.17, 15) is 19.9 Å². The van der Waals surface area contributed by atoms with Crippen molar-refractivity contribution in [2.24, 2.45) is 5.11 Å². The van der Waals surface area contributed by atoms with Crippen LogP contribution in [0, 0.1) is 0 Å². The van der Waals surface area contributed by atoms with E-state index >= 15 is 0 Å². The molecule has 0 fully saturated rings. The Morgan fingerprint density at radius 3 is 1.48 bits per heavy atom. The second kappa shape index (κ2) is 11.9. The molecule has 5 aromatic rings. The van der Waals surface area contributed by atoms with Gasteiger partial charge in [0.05, 0.1) is 5.69 Å². The van der Waals surface area contributed by atoms with E-state index in [4.69, 9.17) is 0 Å². The van der Waals surface area contributed by atoms with Crippen molar-refractivity contribution in [2.75, 3.05) is 0 Å². The van der Waals surface area contributed by atoms with Crippen LogP contribution < -0.4 is 0 Å². The third-order valence-corrected chi connectivity index (χ3v) is 6.60. The molecule has 0 saturated heterocycles. The summed E-state index contributed by atoms with van der Waals surface area (Å²) >= 11 is 0. The molecule has 0 amide bonds. The van der Waals surface area contributed by atoms with Crippen molar-refractivity contribution in [1.29, 1.82) is 0 Å². The zero-order valence-electron chi connectivity index (χ0n) is 21.4. The molecule has 5 rings (SSSR count). The van der Waals surface area contributed by atoms with E-state index in [1.54, 1.807) is 91.0 Å². The van der Waals surface area contributed by atoms with Gasteiger partial charge in [-0.3, -0.25) is 14.4 Å². The monoisotopic (exact) mass is 521 g/mol. The smallest absolute Gasteiger partial charge is 0.194 e. The first-order chi connectivity index (χ1) is 19.6. The Morgan fingerprint density at radius 1 is 0.575 bits per heavy atom. The van der Waals surface area contributed by atoms with Crippen LogP contribution >= 0.6 is 0 Å². The predicted octanol–water partition coefficient (Wildman–Crippen LogP) is 7.91. The quantitative estimate of drug-likeness (QED) is 0.0852. The Labute approximate surface area is 231 Å². The molecule has 0 saturated carbocycles. The average molecular weight is 522 g/mol. The summed E-state index contributed by atoms with van der Waals surface area (Å²) in [7, 11) is 0. The van der Waals surface area contributed by atoms with E-state index in [2.05, 4.69) is 10.0 Å². The van der Waals surface area contributed by atoms with Crippen molar-refractivity contribution < 1.29 is 14.4 Å². The van der Waals surface area contributed by atoms with Gasteiger partial charge in [0, 0.05) is 38.3 Å². The lowest BCUT2D eigenvalue weighted by Gasteiger charge is -2.20. The summed E-state index contributed by atoms with van der Waals surface area (Å²) in [6, 6.07) is 36.6. The summed E-state index contributed by atoms with van der Waals surface area (Å²) in [6.45, 7) is 0. The number of hydrogen-bond donors (Lipinski definition) is 0. The first-order valence-corrected chi connectivity index (χ1v) is 12.7. The number of benzene rings is 5. The molecule has 0 N–H and O–H groups in total. The molecule has 6 nitrogen and oxygen atoms in total. The molecule has 192 valence electrons. The van der Waals surface area contributed by atoms with Crippen LogP contribution in [0.3, 0.4) is 0 Å². The van der Waals surface area contributed by atoms with Gasteiger partial charge in [-0.25, -0.2) is 0 Å². The van der Waals surface area contributed by atoms with Gasteiger partial charge in [-0.2, -0.15) is 0 Å². The average Bonchev–Trinajstić information content (AvgIpc) is 3.02. The Kier molecular flexibility index (Phi) is 7.72. The SMILES string of the molecule is [N-]=[N+]=Nc1cc(C(=O)c2ccccc2)c(Cc2ccccc2)c(C(=O)c2ccccc2)c1C(=O)c1ccccc1. The Balaban J connectivity index is 1.89. The lowest BCUT2D eigenvalue weighted by atomic mass is 9.82. The minimum absolute atomic E-state index is 0.0339. The van der Waals surface area contributed by atoms with Crippen molar-refractivity contribution in [3.63, 3.8) is 0 Å². The van der Waals surface area contributed by atoms with E-state index in [-0.39, 0.29) is 34.6 Å². The largest absolute Gasteiger partial charge is 0.289 e. The van der Waals surface area contributed by atoms with Crippen molar-refractivity contribution in [2.45, 2.75) is 6.42 Å². The molecule has 0 aliphatic carbocycles. The van der Waals surface area contributed by atoms with Crippen LogP contribution in [-0.2, 0) is 6.42 Å². The summed E-state index contributed by atoms with van der Waals surface area (Å²) in [5, 5.41) is 3.83. The second-order valence-electron chi connectivity index (χ2n) is 9.11. The second-order valence-corrected chi connectivity index (χ2v) is 9.11. The highest BCUT2D eigenvalue weighted by Gasteiger charge is 2.30. The minimum Gasteiger partial charge on any atom is -0.289 e. The molecule has 40 heavy (non-hydrogen) atoms. The normalized spacial score (nSPS) is 10.4. The fourth-order valence-corrected chi connectivity index (χ4v) is 4.72. The summed E-state index contributed by atoms with van der Waals surface area (Å²) in [5.41, 5.74) is 11.9. The van der Waals surface area contributed by atoms with Gasteiger partial charge in [0.15, 0.2) is 17.3 Å². The zero-order valence-corrected chi connectivity index (χ0v) is 21.4. The van der Waals surface area contributed by atoms with Gasteiger partial charge in [0.1, 0.15) is 0 Å². The van der Waals surface area contributed by atoms with Gasteiger partial charge < -0.3 is 0 Å². The maximum absolute atomic E-state index is 14.3. The van der Waals surface area contributed by atoms with Crippen LogP contribution in [0.1, 0.15) is 58.9 Å². The molecule has 0 aliphatic heterocycles. The lowest BCUT2D eigenvalue weighted by Crippen LogP contribution is -2.19. The summed E-state index contributed by atoms with van der Waals surface area (Å²) in [6.07, 6.45) is 0.203. The van der Waals surface area contributed by atoms with Crippen molar-refractivity contribution in [1.82, 2.24) is 0 Å². The number of hydrogen-bond acceptors (Lipinski definition) is 4. The third-order valence-electron chi connectivity index (χ3n) is 6.60. The van der Waals surface area contributed by atoms with Crippen LogP contribution in [0.2, 0.25) is 0 Å². The van der Waals surface area contributed by atoms with Crippen molar-refractivity contribution >= 4 is 23.0 Å². The van der Waals surface area contributed by atoms with Crippen LogP contribution in [0.5, 0.6) is 0 Å². The molecule has 0 unspecified atom stereocenters. The highest BCUT2D eigenvalue weighted by atomic mass is 16.1. The molecule has 5 aromatic carbocycles. The third kappa shape index (κ3) is 5.34. The molecular formula is C34H23N3O3. The highest BCUT2D eigenvalue weighted by molar-refractivity contribution is 6.24. The van der Waals surface area contributed by atoms with E-state index < -0.39 is 11.6 Å². The maximum Gasteiger partial charge on any atom is 0.194 e. The van der Waals surface area contributed by atoms with E-state index in [0.29, 0.717) is 22.3 Å². The maximum atomic E-state index is 14.3. The van der Waals surface area contributed by atoms with Crippen molar-refractivity contribution in [3.8, 4) is 0 Å². The molecular weight excluding hydrogens is 498 g/mol. The van der Waals surface area contributed by atoms with Gasteiger partial charge in [-0.05, 0) is 29.1 Å². The molecule has 0 aromatic heterocycles. The van der Waals surface area contributed by atoms with Crippen LogP contribution in [0.25, 0.3) is 10.4 Å². The van der Waals surface area contributed by atoms with Gasteiger partial charge >= 0.3 is 0 Å². The number of carbonyl (C=O) groups is 3. The summed E-state index contributed by atoms with van der Waals surface area (Å²) in [4.78, 5) is 45.2. The van der Waals surface area contributed by atoms with Crippen LogP contribution in [0.4, 0.5) is 5.69 Å². The lowest BCUT2D eigenvalue weighted by molar-refractivity contribution is 0.100. The minimum atomic E-state index is -0.477. The molecule has 0 atom stereocenters. The number of azide groups is 1. The molecule has 0 aliphatic rings. The molecule has 0 spiro atoms. The molecule has 6 heteroatoms. The summed E-state index contributed by atoms with van der Waals surface area (Å²) < 4.78 is 0. The van der Waals surface area contributed by atoms with Gasteiger partial charge in [0.25, 0.3) is 0 Å². The van der Waals surface area contributed by atoms with Crippen molar-refractivity contribution in [3.05, 3.63) is 182 Å². The Hall–Kier alpha value is -5.58. The summed E-state index contributed by atoms with van der Waals surface area (Å²) in [5.74, 6) is -1.26. The Morgan fingerprint density at radius 2 is 1.00 bits per heavy atom. The first-order valence-electron chi connectivity index (χ1n) is 12.7. The zero-order chi connectivity index (χ0) is 27.9. The van der Waals surface area contributed by atoms with Gasteiger partial charge in [-0.1, -0.05) is 126 Å². The van der Waals surface area contributed by atoms with E-state index in [0.717, 1.165) is 5.56 Å². The standard InChI is InChI=1S/C34H23N3O3/c35-37-36-29-22-28(32(38)24-15-7-2-8-16-24)27(21-23-13-5-1-6-14-23)30(33(39)25-17-9-3-10-18-25)31(29)34(40)26-19-11-4-12-20-26/h1-20,22H,21H2. The fourth-order valence-electron chi connectivity index (χ4n) is 4.72. The fraction of sp³-hybridized carbons (Fsp3) is 0.0294. The van der Waals surface area contributed by atoms with Gasteiger partial charge in [-0.15, -0.1) is 0 Å². The number of carbonyl (C=O) groups excluding carboxylic acids is 3. The number of ketones is 3. The van der Waals surface area contributed by atoms with Crippen LogP contribution in [0.15, 0.2) is 133 Å². The topological polar surface area (TPSA) is 100.0 Å². The predicted molar refractivity (Wildman–Crippen MR) is 154 cm³/mol. The molecule has 0 heterocycles. The van der Waals surface area contributed by atoms with E-state index in [1.807, 2.05) is 30.3 Å². The Bertz CT molecular complexity index is 1750. The number of nitrogens with zero attached hydrogens (tertiary/aromatic N) is 3. The molecule has 0 bridgehead atoms.